The van der Waals surface area contributed by atoms with Crippen LogP contribution in [0.15, 0.2) is 0 Å². The average Bonchev–Trinajstić information content (AvgIpc) is 2.65. The van der Waals surface area contributed by atoms with E-state index in [-0.39, 0.29) is 11.3 Å². The molecule has 2 bridgehead atoms. The van der Waals surface area contributed by atoms with Gasteiger partial charge in [0, 0.05) is 5.92 Å². The van der Waals surface area contributed by atoms with Crippen LogP contribution in [0.3, 0.4) is 0 Å². The molecule has 4 fully saturated rings. The van der Waals surface area contributed by atoms with Gasteiger partial charge in [0.15, 0.2) is 0 Å². The van der Waals surface area contributed by atoms with Crippen LogP contribution in [0, 0.1) is 28.6 Å². The van der Waals surface area contributed by atoms with Gasteiger partial charge in [0.2, 0.25) is 0 Å². The van der Waals surface area contributed by atoms with Crippen molar-refractivity contribution in [3.05, 3.63) is 0 Å². The van der Waals surface area contributed by atoms with Crippen molar-refractivity contribution in [1.82, 2.24) is 0 Å². The molecule has 0 saturated heterocycles. The maximum Gasteiger partial charge on any atom is 0.316 e. The highest BCUT2D eigenvalue weighted by molar-refractivity contribution is 5.83. The van der Waals surface area contributed by atoms with Crippen LogP contribution in [0.25, 0.3) is 0 Å². The summed E-state index contributed by atoms with van der Waals surface area (Å²) in [5.41, 5.74) is -1.93. The van der Waals surface area contributed by atoms with Gasteiger partial charge in [-0.25, -0.2) is 8.78 Å². The molecule has 15 heavy (non-hydrogen) atoms. The Morgan fingerprint density at radius 3 is 2.20 bits per heavy atom. The van der Waals surface area contributed by atoms with Gasteiger partial charge in [-0.1, -0.05) is 13.8 Å². The van der Waals surface area contributed by atoms with Crippen LogP contribution in [0.1, 0.15) is 26.7 Å². The van der Waals surface area contributed by atoms with Gasteiger partial charge >= 0.3 is 5.97 Å². The molecule has 0 spiro atoms. The number of halogens is 2. The molecule has 0 aromatic heterocycles. The fourth-order valence-corrected chi connectivity index (χ4v) is 4.22. The van der Waals surface area contributed by atoms with Crippen molar-refractivity contribution in [2.75, 3.05) is 0 Å². The largest absolute Gasteiger partial charge is 0.481 e. The summed E-state index contributed by atoms with van der Waals surface area (Å²) in [6.45, 7) is 3.86. The van der Waals surface area contributed by atoms with E-state index in [1.165, 1.54) is 0 Å². The molecular formula is C11H14F2O2. The van der Waals surface area contributed by atoms with Crippen LogP contribution in [0.2, 0.25) is 0 Å². The van der Waals surface area contributed by atoms with E-state index in [0.717, 1.165) is 0 Å². The predicted molar refractivity (Wildman–Crippen MR) is 48.5 cm³/mol. The zero-order chi connectivity index (χ0) is 11.2. The topological polar surface area (TPSA) is 37.3 Å². The molecule has 4 aliphatic carbocycles. The number of hydrogen-bond donors (Lipinski definition) is 1. The summed E-state index contributed by atoms with van der Waals surface area (Å²) in [5.74, 6) is -5.17. The molecule has 84 valence electrons. The van der Waals surface area contributed by atoms with Gasteiger partial charge in [0.25, 0.3) is 5.92 Å². The van der Waals surface area contributed by atoms with E-state index in [2.05, 4.69) is 0 Å². The molecule has 4 heteroatoms. The Balaban J connectivity index is 2.08. The molecule has 4 rings (SSSR count). The number of carboxylic acids is 1. The molecule has 0 aliphatic heterocycles. The fourth-order valence-electron chi connectivity index (χ4n) is 4.22. The zero-order valence-corrected chi connectivity index (χ0v) is 8.76. The van der Waals surface area contributed by atoms with Crippen LogP contribution >= 0.6 is 0 Å². The van der Waals surface area contributed by atoms with E-state index in [1.807, 2.05) is 13.8 Å². The highest BCUT2D eigenvalue weighted by Gasteiger charge is 2.93. The Hall–Kier alpha value is -0.670. The van der Waals surface area contributed by atoms with Crippen LogP contribution in [0.4, 0.5) is 8.78 Å². The van der Waals surface area contributed by atoms with E-state index in [4.69, 9.17) is 5.11 Å². The third kappa shape index (κ3) is 0.676. The van der Waals surface area contributed by atoms with Gasteiger partial charge in [-0.05, 0) is 30.1 Å². The maximum atomic E-state index is 13.6. The second-order valence-electron chi connectivity index (χ2n) is 5.89. The molecular weight excluding hydrogens is 202 g/mol. The van der Waals surface area contributed by atoms with Crippen molar-refractivity contribution in [1.29, 1.82) is 0 Å². The second-order valence-corrected chi connectivity index (χ2v) is 5.89. The minimum atomic E-state index is -2.97. The Kier molecular flexibility index (Phi) is 1.31. The molecule has 2 nitrogen and oxygen atoms in total. The quantitative estimate of drug-likeness (QED) is 0.730. The highest BCUT2D eigenvalue weighted by Crippen LogP contribution is 2.83. The van der Waals surface area contributed by atoms with Crippen molar-refractivity contribution in [3.63, 3.8) is 0 Å². The van der Waals surface area contributed by atoms with Crippen LogP contribution < -0.4 is 0 Å². The molecule has 0 radical (unpaired) electrons. The molecule has 4 atom stereocenters. The first-order chi connectivity index (χ1) is 6.77. The summed E-state index contributed by atoms with van der Waals surface area (Å²) in [6, 6.07) is 0. The summed E-state index contributed by atoms with van der Waals surface area (Å²) in [5, 5.41) is 9.12. The number of aliphatic carboxylic acids is 1. The molecule has 0 amide bonds. The Labute approximate surface area is 86.7 Å². The first kappa shape index (κ1) is 9.55. The first-order valence-electron chi connectivity index (χ1n) is 5.38. The lowest BCUT2D eigenvalue weighted by atomic mass is 9.45. The average molecular weight is 216 g/mol. The summed E-state index contributed by atoms with van der Waals surface area (Å²) < 4.78 is 27.3. The number of hydrogen-bond acceptors (Lipinski definition) is 1. The smallest absolute Gasteiger partial charge is 0.316 e. The van der Waals surface area contributed by atoms with Crippen molar-refractivity contribution in [2.24, 2.45) is 28.6 Å². The first-order valence-corrected chi connectivity index (χ1v) is 5.38. The van der Waals surface area contributed by atoms with E-state index in [1.54, 1.807) is 0 Å². The summed E-state index contributed by atoms with van der Waals surface area (Å²) in [4.78, 5) is 11.2. The van der Waals surface area contributed by atoms with Gasteiger partial charge in [-0.15, -0.1) is 0 Å². The fraction of sp³-hybridized carbons (Fsp3) is 0.909. The summed E-state index contributed by atoms with van der Waals surface area (Å²) >= 11 is 0. The maximum absolute atomic E-state index is 13.6. The zero-order valence-electron chi connectivity index (χ0n) is 8.76. The minimum Gasteiger partial charge on any atom is -0.481 e. The van der Waals surface area contributed by atoms with Crippen LogP contribution in [-0.4, -0.2) is 17.0 Å². The number of rotatable bonds is 1. The lowest BCUT2D eigenvalue weighted by Crippen LogP contribution is -2.56. The molecule has 4 saturated carbocycles. The Morgan fingerprint density at radius 1 is 1.27 bits per heavy atom. The van der Waals surface area contributed by atoms with Gasteiger partial charge in [0.1, 0.15) is 5.41 Å². The molecule has 1 N–H and O–H groups in total. The highest BCUT2D eigenvalue weighted by atomic mass is 19.3. The van der Waals surface area contributed by atoms with E-state index in [9.17, 15) is 13.6 Å². The Bertz CT molecular complexity index is 364. The monoisotopic (exact) mass is 216 g/mol. The molecule has 0 aromatic rings. The molecule has 4 aliphatic rings. The standard InChI is InChI=1S/C11H14F2O2/c1-9(2)5-3-6(9)10(8(14)15)7(4-5)11(10,12)13/h5-7H,3-4H2,1-2H3,(H,14,15). The van der Waals surface area contributed by atoms with Crippen molar-refractivity contribution >= 4 is 5.97 Å². The third-order valence-corrected chi connectivity index (χ3v) is 5.35. The second kappa shape index (κ2) is 2.06. The normalized spacial score (nSPS) is 52.7. The lowest BCUT2D eigenvalue weighted by molar-refractivity contribution is -0.175. The van der Waals surface area contributed by atoms with Crippen molar-refractivity contribution in [2.45, 2.75) is 32.6 Å². The number of carbonyl (C=O) groups is 1. The van der Waals surface area contributed by atoms with Gasteiger partial charge in [0.05, 0.1) is 0 Å². The SMILES string of the molecule is CC1(C)C2CC1C1(C(=O)O)C(C2)C1(F)F. The Morgan fingerprint density at radius 2 is 1.80 bits per heavy atom. The molecule has 4 unspecified atom stereocenters. The number of alkyl halides is 2. The van der Waals surface area contributed by atoms with Crippen molar-refractivity contribution < 1.29 is 18.7 Å². The van der Waals surface area contributed by atoms with Crippen LogP contribution in [-0.2, 0) is 4.79 Å². The third-order valence-electron chi connectivity index (χ3n) is 5.35. The van der Waals surface area contributed by atoms with Gasteiger partial charge in [-0.3, -0.25) is 4.79 Å². The van der Waals surface area contributed by atoms with Gasteiger partial charge < -0.3 is 5.11 Å². The van der Waals surface area contributed by atoms with E-state index >= 15 is 0 Å². The predicted octanol–water partition coefficient (Wildman–Crippen LogP) is 2.39. The van der Waals surface area contributed by atoms with Gasteiger partial charge in [-0.2, -0.15) is 0 Å². The molecule has 0 heterocycles. The number of carboxylic acid groups (broad SMARTS) is 1. The summed E-state index contributed by atoms with van der Waals surface area (Å²) in [6.07, 6.45) is 1.06. The lowest BCUT2D eigenvalue weighted by Gasteiger charge is -2.58. The van der Waals surface area contributed by atoms with Crippen LogP contribution in [0.5, 0.6) is 0 Å². The van der Waals surface area contributed by atoms with E-state index < -0.39 is 23.2 Å². The van der Waals surface area contributed by atoms with Crippen molar-refractivity contribution in [3.8, 4) is 0 Å². The molecule has 0 aromatic carbocycles. The summed E-state index contributed by atoms with van der Waals surface area (Å²) in [7, 11) is 0. The minimum absolute atomic E-state index is 0.213. The van der Waals surface area contributed by atoms with E-state index in [0.29, 0.717) is 18.8 Å².